The van der Waals surface area contributed by atoms with E-state index in [1.54, 1.807) is 6.20 Å². The van der Waals surface area contributed by atoms with Crippen molar-refractivity contribution >= 4 is 17.7 Å². The summed E-state index contributed by atoms with van der Waals surface area (Å²) in [6.45, 7) is 8.47. The summed E-state index contributed by atoms with van der Waals surface area (Å²) in [6.07, 6.45) is 1.66. The van der Waals surface area contributed by atoms with Crippen LogP contribution >= 0.6 is 11.8 Å². The number of aryl methyl sites for hydroxylation is 1. The van der Waals surface area contributed by atoms with E-state index < -0.39 is 0 Å². The summed E-state index contributed by atoms with van der Waals surface area (Å²) >= 11 is 1.38. The smallest absolute Gasteiger partial charge is 0.230 e. The minimum atomic E-state index is -0.245. The number of imidazole rings is 1. The highest BCUT2D eigenvalue weighted by Crippen LogP contribution is 2.21. The quantitative estimate of drug-likeness (QED) is 0.789. The molecule has 1 heterocycles. The Balaban J connectivity index is 2.09. The Morgan fingerprint density at radius 1 is 1.29 bits per heavy atom. The molecule has 0 saturated heterocycles. The van der Waals surface area contributed by atoms with Gasteiger partial charge in [0, 0.05) is 12.1 Å². The molecule has 0 aliphatic carbocycles. The first-order valence-corrected chi connectivity index (χ1v) is 8.91. The van der Waals surface area contributed by atoms with Gasteiger partial charge in [0.25, 0.3) is 0 Å². The highest BCUT2D eigenvalue weighted by molar-refractivity contribution is 7.99. The second-order valence-corrected chi connectivity index (χ2v) is 7.79. The van der Waals surface area contributed by atoms with E-state index in [-0.39, 0.29) is 18.1 Å². The fourth-order valence-electron chi connectivity index (χ4n) is 2.26. The van der Waals surface area contributed by atoms with Gasteiger partial charge < -0.3 is 15.0 Å². The summed E-state index contributed by atoms with van der Waals surface area (Å²) < 4.78 is 1.96. The Morgan fingerprint density at radius 2 is 1.96 bits per heavy atom. The number of rotatable bonds is 6. The van der Waals surface area contributed by atoms with Crippen LogP contribution in [0.3, 0.4) is 0 Å². The predicted molar refractivity (Wildman–Crippen MR) is 97.1 cm³/mol. The van der Waals surface area contributed by atoms with E-state index in [0.29, 0.717) is 12.3 Å². The number of benzene rings is 1. The van der Waals surface area contributed by atoms with Crippen LogP contribution in [0, 0.1) is 6.92 Å². The Morgan fingerprint density at radius 3 is 2.54 bits per heavy atom. The Kier molecular flexibility index (Phi) is 6.07. The number of hydrogen-bond donors (Lipinski definition) is 2. The Hall–Kier alpha value is -1.79. The lowest BCUT2D eigenvalue weighted by atomic mass is 10.1. The van der Waals surface area contributed by atoms with E-state index in [4.69, 9.17) is 0 Å². The van der Waals surface area contributed by atoms with E-state index in [9.17, 15) is 9.90 Å². The maximum absolute atomic E-state index is 12.0. The molecule has 0 radical (unpaired) electrons. The second kappa shape index (κ2) is 7.85. The van der Waals surface area contributed by atoms with Gasteiger partial charge in [-0.25, -0.2) is 4.98 Å². The first-order valence-electron chi connectivity index (χ1n) is 7.93. The van der Waals surface area contributed by atoms with Crippen LogP contribution in [0.5, 0.6) is 0 Å². The van der Waals surface area contributed by atoms with Gasteiger partial charge in [0.15, 0.2) is 5.16 Å². The third-order valence-corrected chi connectivity index (χ3v) is 4.36. The summed E-state index contributed by atoms with van der Waals surface area (Å²) in [5, 5.41) is 13.2. The van der Waals surface area contributed by atoms with Crippen LogP contribution in [0.1, 0.15) is 37.6 Å². The summed E-state index contributed by atoms with van der Waals surface area (Å²) in [5.74, 6) is 0.274. The van der Waals surface area contributed by atoms with Crippen LogP contribution in [0.2, 0.25) is 0 Å². The minimum Gasteiger partial charge on any atom is -0.390 e. The average molecular weight is 347 g/mol. The number of aliphatic hydroxyl groups excluding tert-OH is 1. The molecule has 2 rings (SSSR count). The fourth-order valence-corrected chi connectivity index (χ4v) is 3.06. The molecule has 0 atom stereocenters. The minimum absolute atomic E-state index is 0.0251. The molecule has 5 nitrogen and oxygen atoms in total. The van der Waals surface area contributed by atoms with Gasteiger partial charge in [-0.1, -0.05) is 41.6 Å². The highest BCUT2D eigenvalue weighted by atomic mass is 32.2. The standard InChI is InChI=1S/C18H25N3O2S/c1-13-5-7-14(8-6-13)10-21-15(11-22)9-19-17(21)24-12-16(23)20-18(2,3)4/h5-9,22H,10-12H2,1-4H3,(H,20,23). The largest absolute Gasteiger partial charge is 0.390 e. The van der Waals surface area contributed by atoms with Crippen molar-refractivity contribution in [2.45, 2.75) is 51.5 Å². The van der Waals surface area contributed by atoms with E-state index in [1.807, 2.05) is 25.3 Å². The van der Waals surface area contributed by atoms with E-state index in [2.05, 4.69) is 41.5 Å². The first-order chi connectivity index (χ1) is 11.3. The molecular formula is C18H25N3O2S. The second-order valence-electron chi connectivity index (χ2n) is 6.85. The first kappa shape index (κ1) is 18.5. The maximum Gasteiger partial charge on any atom is 0.230 e. The molecule has 1 aromatic heterocycles. The summed E-state index contributed by atoms with van der Waals surface area (Å²) in [5.41, 5.74) is 2.84. The van der Waals surface area contributed by atoms with E-state index in [1.165, 1.54) is 17.3 Å². The average Bonchev–Trinajstić information content (AvgIpc) is 2.88. The topological polar surface area (TPSA) is 67.1 Å². The molecule has 0 unspecified atom stereocenters. The van der Waals surface area contributed by atoms with Crippen LogP contribution < -0.4 is 5.32 Å². The number of aliphatic hydroxyl groups is 1. The van der Waals surface area contributed by atoms with Gasteiger partial charge in [0.05, 0.1) is 24.3 Å². The molecule has 1 amide bonds. The normalized spacial score (nSPS) is 11.5. The molecule has 2 N–H and O–H groups in total. The number of thioether (sulfide) groups is 1. The zero-order chi connectivity index (χ0) is 17.7. The van der Waals surface area contributed by atoms with Crippen LogP contribution in [0.15, 0.2) is 35.6 Å². The molecule has 2 aromatic rings. The molecule has 6 heteroatoms. The Bertz CT molecular complexity index is 687. The number of amides is 1. The summed E-state index contributed by atoms with van der Waals surface area (Å²) in [7, 11) is 0. The molecule has 24 heavy (non-hydrogen) atoms. The van der Waals surface area contributed by atoms with Gasteiger partial charge in [0.1, 0.15) is 0 Å². The predicted octanol–water partition coefficient (Wildman–Crippen LogP) is 2.74. The monoisotopic (exact) mass is 347 g/mol. The van der Waals surface area contributed by atoms with Crippen LogP contribution in [-0.4, -0.2) is 31.9 Å². The van der Waals surface area contributed by atoms with Gasteiger partial charge >= 0.3 is 0 Å². The zero-order valence-electron chi connectivity index (χ0n) is 14.7. The lowest BCUT2D eigenvalue weighted by Crippen LogP contribution is -2.41. The van der Waals surface area contributed by atoms with Crippen molar-refractivity contribution < 1.29 is 9.90 Å². The summed E-state index contributed by atoms with van der Waals surface area (Å²) in [6, 6.07) is 8.26. The molecule has 0 spiro atoms. The molecule has 0 saturated carbocycles. The molecule has 0 aliphatic rings. The molecule has 1 aromatic carbocycles. The molecule has 0 bridgehead atoms. The number of nitrogens with one attached hydrogen (secondary N) is 1. The van der Waals surface area contributed by atoms with Crippen LogP contribution in [-0.2, 0) is 17.9 Å². The van der Waals surface area contributed by atoms with Crippen molar-refractivity contribution in [1.82, 2.24) is 14.9 Å². The fraction of sp³-hybridized carbons (Fsp3) is 0.444. The van der Waals surface area contributed by atoms with Crippen molar-refractivity contribution in [1.29, 1.82) is 0 Å². The van der Waals surface area contributed by atoms with Crippen molar-refractivity contribution in [3.8, 4) is 0 Å². The summed E-state index contributed by atoms with van der Waals surface area (Å²) in [4.78, 5) is 16.4. The third-order valence-electron chi connectivity index (χ3n) is 3.37. The van der Waals surface area contributed by atoms with Crippen LogP contribution in [0.4, 0.5) is 0 Å². The van der Waals surface area contributed by atoms with Crippen LogP contribution in [0.25, 0.3) is 0 Å². The number of hydrogen-bond acceptors (Lipinski definition) is 4. The van der Waals surface area contributed by atoms with Gasteiger partial charge in [-0.05, 0) is 33.3 Å². The van der Waals surface area contributed by atoms with Gasteiger partial charge in [-0.2, -0.15) is 0 Å². The molecule has 0 fully saturated rings. The van der Waals surface area contributed by atoms with Gasteiger partial charge in [-0.3, -0.25) is 4.79 Å². The lowest BCUT2D eigenvalue weighted by Gasteiger charge is -2.20. The maximum atomic E-state index is 12.0. The number of carbonyl (C=O) groups excluding carboxylic acids is 1. The number of nitrogens with zero attached hydrogens (tertiary/aromatic N) is 2. The molecular weight excluding hydrogens is 322 g/mol. The number of aromatic nitrogens is 2. The van der Waals surface area contributed by atoms with Gasteiger partial charge in [0.2, 0.25) is 5.91 Å². The van der Waals surface area contributed by atoms with Crippen molar-refractivity contribution in [3.05, 3.63) is 47.3 Å². The number of carbonyl (C=O) groups is 1. The highest BCUT2D eigenvalue weighted by Gasteiger charge is 2.16. The van der Waals surface area contributed by atoms with Crippen molar-refractivity contribution in [3.63, 3.8) is 0 Å². The van der Waals surface area contributed by atoms with E-state index in [0.717, 1.165) is 16.4 Å². The van der Waals surface area contributed by atoms with Gasteiger partial charge in [-0.15, -0.1) is 0 Å². The Labute approximate surface area is 147 Å². The molecule has 130 valence electrons. The lowest BCUT2D eigenvalue weighted by molar-refractivity contribution is -0.119. The van der Waals surface area contributed by atoms with Crippen molar-refractivity contribution in [2.75, 3.05) is 5.75 Å². The SMILES string of the molecule is Cc1ccc(Cn2c(CO)cnc2SCC(=O)NC(C)(C)C)cc1. The van der Waals surface area contributed by atoms with E-state index >= 15 is 0 Å². The van der Waals surface area contributed by atoms with Crippen molar-refractivity contribution in [2.24, 2.45) is 0 Å². The molecule has 0 aliphatic heterocycles. The third kappa shape index (κ3) is 5.39. The zero-order valence-corrected chi connectivity index (χ0v) is 15.5.